The van der Waals surface area contributed by atoms with Crippen LogP contribution in [0.25, 0.3) is 0 Å². The highest BCUT2D eigenvalue weighted by atomic mass is 32.2. The summed E-state index contributed by atoms with van der Waals surface area (Å²) in [5.41, 5.74) is 0.678. The van der Waals surface area contributed by atoms with Gasteiger partial charge in [0.15, 0.2) is 11.5 Å². The summed E-state index contributed by atoms with van der Waals surface area (Å²) < 4.78 is 38.1. The first-order valence-corrected chi connectivity index (χ1v) is 9.33. The number of ether oxygens (including phenoxy) is 2. The molecule has 1 heterocycles. The highest BCUT2D eigenvalue weighted by Crippen LogP contribution is 2.34. The van der Waals surface area contributed by atoms with Gasteiger partial charge >= 0.3 is 0 Å². The fourth-order valence-corrected chi connectivity index (χ4v) is 3.57. The standard InChI is InChI=1S/C17H16N2O5S/c20-17(18-12-4-5-12)11-2-1-3-14(8-11)25(21,22)19-13-6-7-15-16(9-13)24-10-23-15/h1-3,6-9,12,19H,4-5,10H2,(H,18,20). The molecular formula is C17H16N2O5S. The molecule has 0 saturated heterocycles. The smallest absolute Gasteiger partial charge is 0.261 e. The summed E-state index contributed by atoms with van der Waals surface area (Å²) in [4.78, 5) is 12.1. The van der Waals surface area contributed by atoms with Gasteiger partial charge in [0.2, 0.25) is 6.79 Å². The molecule has 0 spiro atoms. The Hall–Kier alpha value is -2.74. The molecule has 2 aliphatic rings. The molecule has 4 rings (SSSR count). The Labute approximate surface area is 145 Å². The third-order valence-corrected chi connectivity index (χ3v) is 5.32. The first-order chi connectivity index (χ1) is 12.0. The second kappa shape index (κ2) is 5.96. The Morgan fingerprint density at radius 3 is 2.64 bits per heavy atom. The summed E-state index contributed by atoms with van der Waals surface area (Å²) in [6.07, 6.45) is 1.94. The Morgan fingerprint density at radius 2 is 1.84 bits per heavy atom. The van der Waals surface area contributed by atoms with Gasteiger partial charge in [0.05, 0.1) is 10.6 Å². The average molecular weight is 360 g/mol. The minimum atomic E-state index is -3.83. The van der Waals surface area contributed by atoms with Crippen LogP contribution in [-0.4, -0.2) is 27.2 Å². The van der Waals surface area contributed by atoms with Crippen molar-refractivity contribution in [2.24, 2.45) is 0 Å². The zero-order valence-electron chi connectivity index (χ0n) is 13.2. The Balaban J connectivity index is 1.56. The van der Waals surface area contributed by atoms with Gasteiger partial charge in [-0.2, -0.15) is 0 Å². The SMILES string of the molecule is O=C(NC1CC1)c1cccc(S(=O)(=O)Nc2ccc3c(c2)OCO3)c1. The number of hydrogen-bond donors (Lipinski definition) is 2. The molecule has 1 fully saturated rings. The Kier molecular flexibility index (Phi) is 3.76. The third-order valence-electron chi connectivity index (χ3n) is 3.94. The lowest BCUT2D eigenvalue weighted by Gasteiger charge is -2.10. The number of hydrogen-bond acceptors (Lipinski definition) is 5. The fraction of sp³-hybridized carbons (Fsp3) is 0.235. The lowest BCUT2D eigenvalue weighted by Crippen LogP contribution is -2.25. The van der Waals surface area contributed by atoms with Crippen molar-refractivity contribution in [2.45, 2.75) is 23.8 Å². The van der Waals surface area contributed by atoms with E-state index in [1.54, 1.807) is 30.3 Å². The molecule has 1 aliphatic carbocycles. The van der Waals surface area contributed by atoms with E-state index in [1.165, 1.54) is 12.1 Å². The molecule has 7 nitrogen and oxygen atoms in total. The average Bonchev–Trinajstić information content (AvgIpc) is 3.28. The van der Waals surface area contributed by atoms with Crippen LogP contribution in [0.2, 0.25) is 0 Å². The molecule has 1 amide bonds. The van der Waals surface area contributed by atoms with Crippen LogP contribution in [0.3, 0.4) is 0 Å². The molecule has 1 aliphatic heterocycles. The summed E-state index contributed by atoms with van der Waals surface area (Å²) >= 11 is 0. The number of benzene rings is 2. The minimum Gasteiger partial charge on any atom is -0.454 e. The maximum atomic E-state index is 12.6. The van der Waals surface area contributed by atoms with E-state index < -0.39 is 10.0 Å². The maximum absolute atomic E-state index is 12.6. The number of sulfonamides is 1. The Bertz CT molecular complexity index is 938. The summed E-state index contributed by atoms with van der Waals surface area (Å²) in [6, 6.07) is 11.0. The van der Waals surface area contributed by atoms with Gasteiger partial charge in [0, 0.05) is 17.7 Å². The number of anilines is 1. The van der Waals surface area contributed by atoms with Gasteiger partial charge in [-0.25, -0.2) is 8.42 Å². The van der Waals surface area contributed by atoms with Crippen LogP contribution >= 0.6 is 0 Å². The van der Waals surface area contributed by atoms with Crippen molar-refractivity contribution in [1.29, 1.82) is 0 Å². The molecule has 8 heteroatoms. The maximum Gasteiger partial charge on any atom is 0.261 e. The predicted molar refractivity (Wildman–Crippen MR) is 90.3 cm³/mol. The van der Waals surface area contributed by atoms with Crippen LogP contribution in [0.5, 0.6) is 11.5 Å². The van der Waals surface area contributed by atoms with Gasteiger partial charge in [-0.3, -0.25) is 9.52 Å². The zero-order chi connectivity index (χ0) is 17.4. The molecule has 0 unspecified atom stereocenters. The molecule has 2 N–H and O–H groups in total. The van der Waals surface area contributed by atoms with E-state index in [9.17, 15) is 13.2 Å². The number of carbonyl (C=O) groups excluding carboxylic acids is 1. The largest absolute Gasteiger partial charge is 0.454 e. The second-order valence-electron chi connectivity index (χ2n) is 5.95. The van der Waals surface area contributed by atoms with Crippen LogP contribution in [0.4, 0.5) is 5.69 Å². The number of nitrogens with one attached hydrogen (secondary N) is 2. The number of carbonyl (C=O) groups is 1. The van der Waals surface area contributed by atoms with Crippen molar-refractivity contribution in [3.05, 3.63) is 48.0 Å². The lowest BCUT2D eigenvalue weighted by molar-refractivity contribution is 0.0951. The third kappa shape index (κ3) is 3.39. The van der Waals surface area contributed by atoms with Crippen molar-refractivity contribution in [3.8, 4) is 11.5 Å². The van der Waals surface area contributed by atoms with E-state index in [0.29, 0.717) is 22.7 Å². The van der Waals surface area contributed by atoms with Gasteiger partial charge in [-0.15, -0.1) is 0 Å². The molecule has 1 saturated carbocycles. The fourth-order valence-electron chi connectivity index (χ4n) is 2.47. The van der Waals surface area contributed by atoms with Crippen LogP contribution in [0.15, 0.2) is 47.4 Å². The van der Waals surface area contributed by atoms with Crippen molar-refractivity contribution in [1.82, 2.24) is 5.32 Å². The van der Waals surface area contributed by atoms with Crippen molar-refractivity contribution in [3.63, 3.8) is 0 Å². The molecule has 25 heavy (non-hydrogen) atoms. The Morgan fingerprint density at radius 1 is 1.04 bits per heavy atom. The first kappa shape index (κ1) is 15.8. The molecule has 0 aromatic heterocycles. The zero-order valence-corrected chi connectivity index (χ0v) is 14.0. The lowest BCUT2D eigenvalue weighted by atomic mass is 10.2. The summed E-state index contributed by atoms with van der Waals surface area (Å²) in [7, 11) is -3.83. The van der Waals surface area contributed by atoms with E-state index >= 15 is 0 Å². The number of rotatable bonds is 5. The summed E-state index contributed by atoms with van der Waals surface area (Å²) in [5, 5.41) is 2.84. The van der Waals surface area contributed by atoms with Crippen molar-refractivity contribution < 1.29 is 22.7 Å². The van der Waals surface area contributed by atoms with Gasteiger partial charge in [0.1, 0.15) is 0 Å². The van der Waals surface area contributed by atoms with Gasteiger partial charge in [-0.1, -0.05) is 6.07 Å². The molecule has 0 bridgehead atoms. The molecular weight excluding hydrogens is 344 g/mol. The minimum absolute atomic E-state index is 0.0219. The van der Waals surface area contributed by atoms with Crippen LogP contribution in [-0.2, 0) is 10.0 Å². The van der Waals surface area contributed by atoms with E-state index in [0.717, 1.165) is 12.8 Å². The van der Waals surface area contributed by atoms with Gasteiger partial charge in [0.25, 0.3) is 15.9 Å². The summed E-state index contributed by atoms with van der Waals surface area (Å²) in [6.45, 7) is 0.115. The highest BCUT2D eigenvalue weighted by molar-refractivity contribution is 7.92. The summed E-state index contributed by atoms with van der Waals surface area (Å²) in [5.74, 6) is 0.794. The van der Waals surface area contributed by atoms with E-state index in [-0.39, 0.29) is 23.6 Å². The second-order valence-corrected chi connectivity index (χ2v) is 7.63. The molecule has 130 valence electrons. The van der Waals surface area contributed by atoms with E-state index in [2.05, 4.69) is 10.0 Å². The predicted octanol–water partition coefficient (Wildman–Crippen LogP) is 2.11. The van der Waals surface area contributed by atoms with Crippen LogP contribution in [0.1, 0.15) is 23.2 Å². The van der Waals surface area contributed by atoms with E-state index in [1.807, 2.05) is 0 Å². The molecule has 2 aromatic carbocycles. The molecule has 0 radical (unpaired) electrons. The molecule has 0 atom stereocenters. The van der Waals surface area contributed by atoms with Crippen LogP contribution in [0, 0.1) is 0 Å². The van der Waals surface area contributed by atoms with Gasteiger partial charge in [-0.05, 0) is 43.2 Å². The van der Waals surface area contributed by atoms with Gasteiger partial charge < -0.3 is 14.8 Å². The number of fused-ring (bicyclic) bond motifs is 1. The van der Waals surface area contributed by atoms with Crippen LogP contribution < -0.4 is 19.5 Å². The topological polar surface area (TPSA) is 93.7 Å². The van der Waals surface area contributed by atoms with Crippen molar-refractivity contribution >= 4 is 21.6 Å². The molecule has 2 aromatic rings. The first-order valence-electron chi connectivity index (χ1n) is 7.85. The van der Waals surface area contributed by atoms with E-state index in [4.69, 9.17) is 9.47 Å². The monoisotopic (exact) mass is 360 g/mol. The normalized spacial score (nSPS) is 15.7. The quantitative estimate of drug-likeness (QED) is 0.852. The highest BCUT2D eigenvalue weighted by Gasteiger charge is 2.25. The van der Waals surface area contributed by atoms with Crippen molar-refractivity contribution in [2.75, 3.05) is 11.5 Å². The number of amides is 1.